The van der Waals surface area contributed by atoms with Gasteiger partial charge in [0.25, 0.3) is 0 Å². The zero-order valence-electron chi connectivity index (χ0n) is 49.8. The summed E-state index contributed by atoms with van der Waals surface area (Å²) in [6.07, 6.45) is 80.6. The standard InChI is InChI=1S/C68H129NO5/c1-3-5-7-9-11-13-15-17-18-19-27-31-34-38-42-46-50-54-58-62-68(73)74-63-59-55-51-47-43-39-35-32-29-26-24-22-20-21-23-25-28-30-33-37-41-45-49-53-57-61-67(72)69-65(64-70)66(71)60-56-52-48-44-40-36-16-14-12-10-8-6-4-2/h21-24,56,60,65-66,70-71H,3-20,25-55,57-59,61-64H2,1-2H3,(H,69,72)/b23-21-,24-22-,60-56+. The summed E-state index contributed by atoms with van der Waals surface area (Å²) >= 11 is 0. The molecule has 0 spiro atoms. The number of allylic oxidation sites excluding steroid dienone is 5. The predicted octanol–water partition coefficient (Wildman–Crippen LogP) is 21.1. The van der Waals surface area contributed by atoms with Crippen LogP contribution in [-0.4, -0.2) is 47.4 Å². The minimum absolute atomic E-state index is 0.0135. The van der Waals surface area contributed by atoms with Gasteiger partial charge in [0.1, 0.15) is 0 Å². The average molecular weight is 1040 g/mol. The number of esters is 1. The number of carbonyl (C=O) groups is 2. The monoisotopic (exact) mass is 1040 g/mol. The van der Waals surface area contributed by atoms with Crippen molar-refractivity contribution in [3.63, 3.8) is 0 Å². The highest BCUT2D eigenvalue weighted by Crippen LogP contribution is 2.18. The fraction of sp³-hybridized carbons (Fsp3) is 0.882. The van der Waals surface area contributed by atoms with Crippen molar-refractivity contribution in [3.8, 4) is 0 Å². The van der Waals surface area contributed by atoms with Crippen LogP contribution in [0.1, 0.15) is 361 Å². The highest BCUT2D eigenvalue weighted by Gasteiger charge is 2.18. The van der Waals surface area contributed by atoms with E-state index >= 15 is 0 Å². The molecule has 0 aliphatic carbocycles. The molecule has 1 amide bonds. The molecule has 0 fully saturated rings. The highest BCUT2D eigenvalue weighted by molar-refractivity contribution is 5.76. The smallest absolute Gasteiger partial charge is 0.305 e. The van der Waals surface area contributed by atoms with Crippen molar-refractivity contribution in [1.82, 2.24) is 5.32 Å². The summed E-state index contributed by atoms with van der Waals surface area (Å²) in [4.78, 5) is 24.6. The van der Waals surface area contributed by atoms with Gasteiger partial charge in [-0.25, -0.2) is 0 Å². The first kappa shape index (κ1) is 72.1. The van der Waals surface area contributed by atoms with Crippen LogP contribution in [0.5, 0.6) is 0 Å². The second-order valence-corrected chi connectivity index (χ2v) is 22.8. The molecular weight excluding hydrogens is 911 g/mol. The molecule has 2 atom stereocenters. The largest absolute Gasteiger partial charge is 0.466 e. The number of nitrogens with one attached hydrogen (secondary N) is 1. The molecule has 0 saturated heterocycles. The van der Waals surface area contributed by atoms with Crippen molar-refractivity contribution in [2.45, 2.75) is 373 Å². The number of hydrogen-bond donors (Lipinski definition) is 3. The van der Waals surface area contributed by atoms with Gasteiger partial charge in [-0.3, -0.25) is 9.59 Å². The van der Waals surface area contributed by atoms with Crippen LogP contribution in [0.25, 0.3) is 0 Å². The van der Waals surface area contributed by atoms with Gasteiger partial charge in [0.05, 0.1) is 25.4 Å². The molecule has 0 aromatic heterocycles. The first-order valence-corrected chi connectivity index (χ1v) is 33.3. The van der Waals surface area contributed by atoms with Gasteiger partial charge in [-0.2, -0.15) is 0 Å². The second kappa shape index (κ2) is 63.6. The van der Waals surface area contributed by atoms with E-state index in [1.807, 2.05) is 6.08 Å². The van der Waals surface area contributed by atoms with Gasteiger partial charge in [0.2, 0.25) is 5.91 Å². The van der Waals surface area contributed by atoms with Crippen LogP contribution in [0, 0.1) is 0 Å². The van der Waals surface area contributed by atoms with Gasteiger partial charge in [-0.1, -0.05) is 320 Å². The fourth-order valence-electron chi connectivity index (χ4n) is 10.3. The molecule has 0 bridgehead atoms. The molecule has 0 aliphatic rings. The van der Waals surface area contributed by atoms with Gasteiger partial charge >= 0.3 is 5.97 Å². The Morgan fingerprint density at radius 2 is 0.676 bits per heavy atom. The number of aliphatic hydroxyl groups is 2. The summed E-state index contributed by atoms with van der Waals surface area (Å²) in [6, 6.07) is -0.632. The van der Waals surface area contributed by atoms with E-state index in [0.717, 1.165) is 44.9 Å². The Hall–Kier alpha value is -1.92. The summed E-state index contributed by atoms with van der Waals surface area (Å²) in [7, 11) is 0. The SMILES string of the molecule is CCCCCCCCCCCCC/C=C/C(O)C(CO)NC(=O)CCCCCCCCCCC/C=C\C/C=C\CCCCCCCCCCCOC(=O)CCCCCCCCCCCCCCCCCCCCC. The summed E-state index contributed by atoms with van der Waals surface area (Å²) in [5.41, 5.74) is 0. The average Bonchev–Trinajstić information content (AvgIpc) is 3.40. The van der Waals surface area contributed by atoms with Crippen LogP contribution < -0.4 is 5.32 Å². The van der Waals surface area contributed by atoms with Crippen molar-refractivity contribution >= 4 is 11.9 Å². The maximum atomic E-state index is 12.5. The topological polar surface area (TPSA) is 95.9 Å². The number of amides is 1. The Bertz CT molecular complexity index is 1200. The Balaban J connectivity index is 3.41. The third kappa shape index (κ3) is 59.3. The summed E-state index contributed by atoms with van der Waals surface area (Å²) in [5, 5.41) is 23.1. The van der Waals surface area contributed by atoms with E-state index in [4.69, 9.17) is 4.74 Å². The fourth-order valence-corrected chi connectivity index (χ4v) is 10.3. The molecule has 0 radical (unpaired) electrons. The minimum Gasteiger partial charge on any atom is -0.466 e. The Morgan fingerprint density at radius 1 is 0.378 bits per heavy atom. The maximum Gasteiger partial charge on any atom is 0.305 e. The molecule has 2 unspecified atom stereocenters. The second-order valence-electron chi connectivity index (χ2n) is 22.8. The van der Waals surface area contributed by atoms with E-state index in [1.165, 1.54) is 289 Å². The molecule has 6 nitrogen and oxygen atoms in total. The van der Waals surface area contributed by atoms with E-state index in [1.54, 1.807) is 6.08 Å². The minimum atomic E-state index is -0.848. The normalized spacial score (nSPS) is 12.8. The van der Waals surface area contributed by atoms with Crippen LogP contribution in [0.4, 0.5) is 0 Å². The lowest BCUT2D eigenvalue weighted by Crippen LogP contribution is -2.45. The van der Waals surface area contributed by atoms with Gasteiger partial charge < -0.3 is 20.3 Å². The van der Waals surface area contributed by atoms with Gasteiger partial charge in [-0.05, 0) is 64.2 Å². The number of rotatable bonds is 62. The lowest BCUT2D eigenvalue weighted by atomic mass is 10.0. The van der Waals surface area contributed by atoms with Crippen LogP contribution in [-0.2, 0) is 14.3 Å². The van der Waals surface area contributed by atoms with E-state index in [9.17, 15) is 19.8 Å². The lowest BCUT2D eigenvalue weighted by Gasteiger charge is -2.20. The molecule has 0 aromatic carbocycles. The molecule has 0 saturated carbocycles. The number of unbranched alkanes of at least 4 members (excludes halogenated alkanes) is 47. The molecule has 6 heteroatoms. The third-order valence-electron chi connectivity index (χ3n) is 15.4. The zero-order chi connectivity index (χ0) is 53.6. The number of aliphatic hydroxyl groups excluding tert-OH is 2. The maximum absolute atomic E-state index is 12.5. The number of carbonyl (C=O) groups excluding carboxylic acids is 2. The van der Waals surface area contributed by atoms with Crippen LogP contribution in [0.2, 0.25) is 0 Å². The number of ether oxygens (including phenoxy) is 1. The Morgan fingerprint density at radius 3 is 1.03 bits per heavy atom. The summed E-state index contributed by atoms with van der Waals surface area (Å²) in [6.45, 7) is 4.92. The summed E-state index contributed by atoms with van der Waals surface area (Å²) < 4.78 is 5.50. The molecule has 3 N–H and O–H groups in total. The Kier molecular flexibility index (Phi) is 62.0. The molecule has 0 rings (SSSR count). The van der Waals surface area contributed by atoms with Crippen molar-refractivity contribution < 1.29 is 24.5 Å². The first-order valence-electron chi connectivity index (χ1n) is 33.3. The molecule has 74 heavy (non-hydrogen) atoms. The Labute approximate surface area is 462 Å². The van der Waals surface area contributed by atoms with Crippen molar-refractivity contribution in [1.29, 1.82) is 0 Å². The van der Waals surface area contributed by atoms with E-state index < -0.39 is 12.1 Å². The van der Waals surface area contributed by atoms with Gasteiger partial charge in [-0.15, -0.1) is 0 Å². The molecular formula is C68H129NO5. The quantitative estimate of drug-likeness (QED) is 0.0320. The molecule has 0 aromatic rings. The molecule has 436 valence electrons. The van der Waals surface area contributed by atoms with E-state index in [0.29, 0.717) is 19.4 Å². The predicted molar refractivity (Wildman–Crippen MR) is 324 cm³/mol. The van der Waals surface area contributed by atoms with E-state index in [-0.39, 0.29) is 18.5 Å². The first-order chi connectivity index (χ1) is 36.5. The highest BCUT2D eigenvalue weighted by atomic mass is 16.5. The zero-order valence-corrected chi connectivity index (χ0v) is 49.8. The van der Waals surface area contributed by atoms with Gasteiger partial charge in [0, 0.05) is 12.8 Å². The number of hydrogen-bond acceptors (Lipinski definition) is 5. The van der Waals surface area contributed by atoms with Crippen LogP contribution in [0.15, 0.2) is 36.5 Å². The van der Waals surface area contributed by atoms with Crippen LogP contribution in [0.3, 0.4) is 0 Å². The van der Waals surface area contributed by atoms with E-state index in [2.05, 4.69) is 43.5 Å². The van der Waals surface area contributed by atoms with Crippen LogP contribution >= 0.6 is 0 Å². The third-order valence-corrected chi connectivity index (χ3v) is 15.4. The molecule has 0 heterocycles. The van der Waals surface area contributed by atoms with Crippen molar-refractivity contribution in [3.05, 3.63) is 36.5 Å². The summed E-state index contributed by atoms with van der Waals surface area (Å²) in [5.74, 6) is -0.0600. The lowest BCUT2D eigenvalue weighted by molar-refractivity contribution is -0.143. The van der Waals surface area contributed by atoms with Crippen molar-refractivity contribution in [2.24, 2.45) is 0 Å². The van der Waals surface area contributed by atoms with Gasteiger partial charge in [0.15, 0.2) is 0 Å². The molecule has 0 aliphatic heterocycles. The van der Waals surface area contributed by atoms with Crippen molar-refractivity contribution in [2.75, 3.05) is 13.2 Å².